The fourth-order valence-corrected chi connectivity index (χ4v) is 3.21. The van der Waals surface area contributed by atoms with E-state index in [2.05, 4.69) is 0 Å². The molecule has 0 bridgehead atoms. The monoisotopic (exact) mass is 347 g/mol. The highest BCUT2D eigenvalue weighted by Crippen LogP contribution is 2.30. The summed E-state index contributed by atoms with van der Waals surface area (Å²) in [5.41, 5.74) is 1.63. The Hall–Kier alpha value is -2.18. The van der Waals surface area contributed by atoms with Crippen LogP contribution in [0.2, 0.25) is 0 Å². The van der Waals surface area contributed by atoms with Gasteiger partial charge in [0.15, 0.2) is 0 Å². The molecular formula is C18H21NO4S. The second-order valence-corrected chi connectivity index (χ2v) is 7.05. The number of aldehydes is 1. The Labute approximate surface area is 142 Å². The van der Waals surface area contributed by atoms with Gasteiger partial charge in [0.1, 0.15) is 12.0 Å². The molecule has 0 saturated heterocycles. The highest BCUT2D eigenvalue weighted by Gasteiger charge is 2.20. The Bertz CT molecular complexity index is 801. The van der Waals surface area contributed by atoms with Gasteiger partial charge in [0, 0.05) is 17.5 Å². The molecule has 0 atom stereocenters. The maximum absolute atomic E-state index is 12.0. The molecule has 5 nitrogen and oxygen atoms in total. The Balaban J connectivity index is 2.55. The second kappa shape index (κ2) is 8.08. The summed E-state index contributed by atoms with van der Waals surface area (Å²) in [5, 5.41) is 5.36. The minimum atomic E-state index is -3.98. The largest absolute Gasteiger partial charge is 0.493 e. The van der Waals surface area contributed by atoms with Crippen molar-refractivity contribution < 1.29 is 17.9 Å². The van der Waals surface area contributed by atoms with Crippen molar-refractivity contribution in [1.82, 2.24) is 0 Å². The van der Waals surface area contributed by atoms with Crippen LogP contribution in [0.1, 0.15) is 41.3 Å². The number of carbonyl (C=O) groups excluding carboxylic acids is 1. The second-order valence-electron chi connectivity index (χ2n) is 5.52. The number of ether oxygens (including phenoxy) is 1. The number of hydrogen-bond donors (Lipinski definition) is 1. The molecule has 2 N–H and O–H groups in total. The Morgan fingerprint density at radius 3 is 2.46 bits per heavy atom. The lowest BCUT2D eigenvalue weighted by molar-refractivity contribution is 0.112. The van der Waals surface area contributed by atoms with Gasteiger partial charge in [0.2, 0.25) is 10.0 Å². The first kappa shape index (κ1) is 18.2. The van der Waals surface area contributed by atoms with Crippen molar-refractivity contribution in [3.63, 3.8) is 0 Å². The van der Waals surface area contributed by atoms with Crippen LogP contribution in [0.5, 0.6) is 5.75 Å². The van der Waals surface area contributed by atoms with Crippen molar-refractivity contribution in [1.29, 1.82) is 0 Å². The Morgan fingerprint density at radius 1 is 1.17 bits per heavy atom. The van der Waals surface area contributed by atoms with E-state index in [0.29, 0.717) is 30.6 Å². The van der Waals surface area contributed by atoms with Crippen LogP contribution < -0.4 is 9.88 Å². The lowest BCUT2D eigenvalue weighted by Gasteiger charge is -2.16. The molecule has 0 aliphatic heterocycles. The van der Waals surface area contributed by atoms with Gasteiger partial charge in [0.05, 0.1) is 11.5 Å². The highest BCUT2D eigenvalue weighted by molar-refractivity contribution is 7.89. The van der Waals surface area contributed by atoms with Crippen molar-refractivity contribution in [2.24, 2.45) is 5.14 Å². The topological polar surface area (TPSA) is 86.5 Å². The van der Waals surface area contributed by atoms with Gasteiger partial charge >= 0.3 is 0 Å². The SMILES string of the molecule is CCCCOc1cc(C=O)cc(S(N)(=O)=O)c1Cc1ccccc1. The number of nitrogens with two attached hydrogens (primary N) is 1. The molecule has 0 unspecified atom stereocenters. The summed E-state index contributed by atoms with van der Waals surface area (Å²) in [6, 6.07) is 12.3. The van der Waals surface area contributed by atoms with Crippen molar-refractivity contribution in [3.05, 3.63) is 59.2 Å². The summed E-state index contributed by atoms with van der Waals surface area (Å²) in [4.78, 5) is 11.1. The van der Waals surface area contributed by atoms with Crippen LogP contribution in [0.25, 0.3) is 0 Å². The van der Waals surface area contributed by atoms with Crippen LogP contribution in [0.15, 0.2) is 47.4 Å². The van der Waals surface area contributed by atoms with Crippen molar-refractivity contribution in [2.45, 2.75) is 31.1 Å². The molecule has 0 aliphatic rings. The average Bonchev–Trinajstić information content (AvgIpc) is 2.56. The average molecular weight is 347 g/mol. The third-order valence-corrected chi connectivity index (χ3v) is 4.59. The van der Waals surface area contributed by atoms with Crippen molar-refractivity contribution in [2.75, 3.05) is 6.61 Å². The van der Waals surface area contributed by atoms with Crippen LogP contribution in [0, 0.1) is 0 Å². The van der Waals surface area contributed by atoms with Gasteiger partial charge in [-0.15, -0.1) is 0 Å². The molecular weight excluding hydrogens is 326 g/mol. The predicted octanol–water partition coefficient (Wildman–Crippen LogP) is 2.92. The molecule has 0 spiro atoms. The number of hydrogen-bond acceptors (Lipinski definition) is 4. The van der Waals surface area contributed by atoms with E-state index in [1.54, 1.807) is 6.07 Å². The van der Waals surface area contributed by atoms with Crippen LogP contribution in [-0.4, -0.2) is 21.3 Å². The summed E-state index contributed by atoms with van der Waals surface area (Å²) in [5.74, 6) is 0.390. The standard InChI is InChI=1S/C18H21NO4S/c1-2-3-9-23-17-11-15(13-20)12-18(24(19,21)22)16(17)10-14-7-5-4-6-8-14/h4-8,11-13H,2-3,9-10H2,1H3,(H2,19,21,22). The first-order chi connectivity index (χ1) is 11.5. The van der Waals surface area contributed by atoms with E-state index in [1.807, 2.05) is 37.3 Å². The fraction of sp³-hybridized carbons (Fsp3) is 0.278. The van der Waals surface area contributed by atoms with Crippen LogP contribution in [0.3, 0.4) is 0 Å². The first-order valence-corrected chi connectivity index (χ1v) is 9.32. The molecule has 2 aromatic rings. The molecule has 0 radical (unpaired) electrons. The Morgan fingerprint density at radius 2 is 1.88 bits per heavy atom. The molecule has 0 saturated carbocycles. The molecule has 2 rings (SSSR count). The summed E-state index contributed by atoms with van der Waals surface area (Å²) in [6.07, 6.45) is 2.73. The zero-order valence-electron chi connectivity index (χ0n) is 13.6. The van der Waals surface area contributed by atoms with E-state index < -0.39 is 10.0 Å². The predicted molar refractivity (Wildman–Crippen MR) is 92.9 cm³/mol. The maximum atomic E-state index is 12.0. The quantitative estimate of drug-likeness (QED) is 0.587. The zero-order chi connectivity index (χ0) is 17.6. The molecule has 0 aliphatic carbocycles. The number of sulfonamides is 1. The molecule has 0 heterocycles. The van der Waals surface area contributed by atoms with Gasteiger partial charge in [-0.25, -0.2) is 13.6 Å². The van der Waals surface area contributed by atoms with Gasteiger partial charge in [0.25, 0.3) is 0 Å². The number of unbranched alkanes of at least 4 members (excludes halogenated alkanes) is 1. The van der Waals surface area contributed by atoms with Crippen LogP contribution in [0.4, 0.5) is 0 Å². The van der Waals surface area contributed by atoms with E-state index in [1.165, 1.54) is 6.07 Å². The van der Waals surface area contributed by atoms with Gasteiger partial charge in [-0.05, 0) is 24.1 Å². The molecule has 2 aromatic carbocycles. The van der Waals surface area contributed by atoms with Crippen molar-refractivity contribution in [3.8, 4) is 5.75 Å². The maximum Gasteiger partial charge on any atom is 0.238 e. The van der Waals surface area contributed by atoms with Crippen LogP contribution >= 0.6 is 0 Å². The summed E-state index contributed by atoms with van der Waals surface area (Å²) < 4.78 is 29.8. The van der Waals surface area contributed by atoms with Crippen LogP contribution in [-0.2, 0) is 16.4 Å². The normalized spacial score (nSPS) is 11.2. The summed E-state index contributed by atoms with van der Waals surface area (Å²) in [7, 11) is -3.98. The van der Waals surface area contributed by atoms with Gasteiger partial charge in [-0.1, -0.05) is 43.7 Å². The molecule has 128 valence electrons. The lowest BCUT2D eigenvalue weighted by atomic mass is 10.0. The van der Waals surface area contributed by atoms with Gasteiger partial charge in [-0.2, -0.15) is 0 Å². The zero-order valence-corrected chi connectivity index (χ0v) is 14.4. The Kier molecular flexibility index (Phi) is 6.11. The minimum absolute atomic E-state index is 0.0672. The number of benzene rings is 2. The third kappa shape index (κ3) is 4.66. The van der Waals surface area contributed by atoms with Gasteiger partial charge in [-0.3, -0.25) is 4.79 Å². The smallest absolute Gasteiger partial charge is 0.238 e. The molecule has 0 aromatic heterocycles. The first-order valence-electron chi connectivity index (χ1n) is 7.77. The third-order valence-electron chi connectivity index (χ3n) is 3.61. The molecule has 24 heavy (non-hydrogen) atoms. The van der Waals surface area contributed by atoms with Crippen molar-refractivity contribution >= 4 is 16.3 Å². The van der Waals surface area contributed by atoms with E-state index in [-0.39, 0.29) is 10.5 Å². The highest BCUT2D eigenvalue weighted by atomic mass is 32.2. The van der Waals surface area contributed by atoms with E-state index >= 15 is 0 Å². The molecule has 6 heteroatoms. The summed E-state index contributed by atoms with van der Waals surface area (Å²) in [6.45, 7) is 2.48. The fourth-order valence-electron chi connectivity index (χ4n) is 2.39. The van der Waals surface area contributed by atoms with E-state index in [9.17, 15) is 13.2 Å². The number of primary sulfonamides is 1. The summed E-state index contributed by atoms with van der Waals surface area (Å²) >= 11 is 0. The van der Waals surface area contributed by atoms with Gasteiger partial charge < -0.3 is 4.74 Å². The van der Waals surface area contributed by atoms with E-state index in [4.69, 9.17) is 9.88 Å². The number of rotatable bonds is 8. The molecule has 0 fully saturated rings. The molecule has 0 amide bonds. The lowest BCUT2D eigenvalue weighted by Crippen LogP contribution is -2.16. The number of carbonyl (C=O) groups is 1. The van der Waals surface area contributed by atoms with E-state index in [0.717, 1.165) is 18.4 Å². The minimum Gasteiger partial charge on any atom is -0.493 e.